The molecule has 1 rings (SSSR count). The lowest BCUT2D eigenvalue weighted by Crippen LogP contribution is -2.35. The average molecular weight is 247 g/mol. The summed E-state index contributed by atoms with van der Waals surface area (Å²) in [4.78, 5) is 20.1. The van der Waals surface area contributed by atoms with E-state index in [9.17, 15) is 4.79 Å². The van der Waals surface area contributed by atoms with Crippen molar-refractivity contribution >= 4 is 12.1 Å². The summed E-state index contributed by atoms with van der Waals surface area (Å²) in [7, 11) is 0. The second kappa shape index (κ2) is 7.11. The zero-order chi connectivity index (χ0) is 13.5. The van der Waals surface area contributed by atoms with Crippen LogP contribution in [0.3, 0.4) is 0 Å². The van der Waals surface area contributed by atoms with Gasteiger partial charge in [0.15, 0.2) is 0 Å². The zero-order valence-electron chi connectivity index (χ0n) is 10.5. The fraction of sp³-hybridized carbons (Fsp3) is 0.818. The Kier molecular flexibility index (Phi) is 6.57. The van der Waals surface area contributed by atoms with Crippen LogP contribution >= 0.6 is 0 Å². The Hall–Kier alpha value is -1.30. The van der Waals surface area contributed by atoms with Crippen LogP contribution in [0.15, 0.2) is 0 Å². The van der Waals surface area contributed by atoms with Crippen LogP contribution in [0.25, 0.3) is 0 Å². The van der Waals surface area contributed by atoms with Gasteiger partial charge in [-0.25, -0.2) is 4.79 Å². The Bertz CT molecular complexity index is 249. The van der Waals surface area contributed by atoms with Gasteiger partial charge in [0.25, 0.3) is 0 Å². The van der Waals surface area contributed by atoms with Crippen molar-refractivity contribution in [3.63, 3.8) is 0 Å². The summed E-state index contributed by atoms with van der Waals surface area (Å²) in [6.45, 7) is 7.59. The minimum atomic E-state index is -1.83. The molecule has 0 radical (unpaired) electrons. The molecule has 17 heavy (non-hydrogen) atoms. The van der Waals surface area contributed by atoms with Crippen LogP contribution in [-0.4, -0.2) is 41.0 Å². The first-order chi connectivity index (χ1) is 7.72. The van der Waals surface area contributed by atoms with E-state index in [0.717, 1.165) is 25.9 Å². The molecule has 1 aliphatic rings. The Labute approximate surface area is 101 Å². The fourth-order valence-corrected chi connectivity index (χ4v) is 1.44. The zero-order valence-corrected chi connectivity index (χ0v) is 10.5. The molecule has 6 nitrogen and oxygen atoms in total. The predicted octanol–water partition coefficient (Wildman–Crippen LogP) is 1.55. The number of ether oxygens (including phenoxy) is 1. The van der Waals surface area contributed by atoms with E-state index in [4.69, 9.17) is 19.7 Å². The maximum absolute atomic E-state index is 11.6. The Morgan fingerprint density at radius 3 is 1.94 bits per heavy atom. The van der Waals surface area contributed by atoms with E-state index in [1.54, 1.807) is 0 Å². The number of nitrogens with one attached hydrogen (secondary N) is 1. The maximum Gasteiger partial charge on any atom is 0.503 e. The smallest absolute Gasteiger partial charge is 0.460 e. The van der Waals surface area contributed by atoms with Gasteiger partial charge < -0.3 is 20.3 Å². The van der Waals surface area contributed by atoms with Crippen molar-refractivity contribution in [3.05, 3.63) is 0 Å². The van der Waals surface area contributed by atoms with Gasteiger partial charge in [-0.3, -0.25) is 4.79 Å². The molecule has 1 saturated heterocycles. The molecule has 0 aromatic rings. The van der Waals surface area contributed by atoms with Crippen molar-refractivity contribution in [3.8, 4) is 0 Å². The first kappa shape index (κ1) is 15.7. The van der Waals surface area contributed by atoms with E-state index in [1.807, 2.05) is 20.8 Å². The number of rotatable bonds is 1. The number of carboxylic acid groups (broad SMARTS) is 2. The third-order valence-electron chi connectivity index (χ3n) is 2.08. The molecule has 0 aliphatic carbocycles. The van der Waals surface area contributed by atoms with Crippen LogP contribution in [0.4, 0.5) is 4.79 Å². The summed E-state index contributed by atoms with van der Waals surface area (Å²) in [5, 5.41) is 17.2. The lowest BCUT2D eigenvalue weighted by molar-refractivity contribution is -0.160. The van der Waals surface area contributed by atoms with Gasteiger partial charge in [0.05, 0.1) is 5.92 Å². The SMILES string of the molecule is CC(C)(C)OC(=O)C1CCNCC1.O=C(O)O. The van der Waals surface area contributed by atoms with Crippen molar-refractivity contribution in [2.24, 2.45) is 5.92 Å². The van der Waals surface area contributed by atoms with E-state index in [-0.39, 0.29) is 17.5 Å². The minimum absolute atomic E-state index is 0.0333. The van der Waals surface area contributed by atoms with Gasteiger partial charge >= 0.3 is 12.1 Å². The van der Waals surface area contributed by atoms with Gasteiger partial charge in [0.1, 0.15) is 5.60 Å². The quantitative estimate of drug-likeness (QED) is 0.608. The van der Waals surface area contributed by atoms with Gasteiger partial charge in [0, 0.05) is 0 Å². The van der Waals surface area contributed by atoms with Crippen LogP contribution in [-0.2, 0) is 9.53 Å². The first-order valence-electron chi connectivity index (χ1n) is 5.58. The van der Waals surface area contributed by atoms with E-state index < -0.39 is 6.16 Å². The maximum atomic E-state index is 11.6. The van der Waals surface area contributed by atoms with Crippen LogP contribution < -0.4 is 5.32 Å². The van der Waals surface area contributed by atoms with Crippen LogP contribution in [0.1, 0.15) is 33.6 Å². The third-order valence-corrected chi connectivity index (χ3v) is 2.08. The number of hydrogen-bond donors (Lipinski definition) is 3. The fourth-order valence-electron chi connectivity index (χ4n) is 1.44. The standard InChI is InChI=1S/C10H19NO2.CH2O3/c1-10(2,3)13-9(12)8-4-6-11-7-5-8;2-1(3)4/h8,11H,4-7H2,1-3H3;(H2,2,3,4). The average Bonchev–Trinajstić information content (AvgIpc) is 2.15. The normalized spacial score (nSPS) is 16.6. The predicted molar refractivity (Wildman–Crippen MR) is 62.1 cm³/mol. The van der Waals surface area contributed by atoms with Gasteiger partial charge in [-0.15, -0.1) is 0 Å². The van der Waals surface area contributed by atoms with Gasteiger partial charge in [-0.2, -0.15) is 0 Å². The van der Waals surface area contributed by atoms with Crippen LogP contribution in [0, 0.1) is 5.92 Å². The summed E-state index contributed by atoms with van der Waals surface area (Å²) >= 11 is 0. The molecule has 1 aliphatic heterocycles. The molecule has 0 atom stereocenters. The van der Waals surface area contributed by atoms with Crippen molar-refractivity contribution in [1.82, 2.24) is 5.32 Å². The molecule has 6 heteroatoms. The monoisotopic (exact) mass is 247 g/mol. The van der Waals surface area contributed by atoms with Crippen molar-refractivity contribution < 1.29 is 24.5 Å². The van der Waals surface area contributed by atoms with Gasteiger partial charge in [0.2, 0.25) is 0 Å². The van der Waals surface area contributed by atoms with E-state index >= 15 is 0 Å². The first-order valence-corrected chi connectivity index (χ1v) is 5.58. The second-order valence-corrected chi connectivity index (χ2v) is 4.84. The Balaban J connectivity index is 0.000000557. The summed E-state index contributed by atoms with van der Waals surface area (Å²) in [6.07, 6.45) is -0.0101. The number of piperidine rings is 1. The molecule has 0 saturated carbocycles. The Morgan fingerprint density at radius 1 is 1.18 bits per heavy atom. The lowest BCUT2D eigenvalue weighted by Gasteiger charge is -2.26. The number of hydrogen-bond acceptors (Lipinski definition) is 4. The topological polar surface area (TPSA) is 95.9 Å². The highest BCUT2D eigenvalue weighted by Gasteiger charge is 2.26. The van der Waals surface area contributed by atoms with Crippen molar-refractivity contribution in [2.75, 3.05) is 13.1 Å². The highest BCUT2D eigenvalue weighted by atomic mass is 16.6. The van der Waals surface area contributed by atoms with Crippen LogP contribution in [0.2, 0.25) is 0 Å². The van der Waals surface area contributed by atoms with Crippen molar-refractivity contribution in [1.29, 1.82) is 0 Å². The molecule has 0 amide bonds. The molecule has 0 aromatic heterocycles. The highest BCUT2D eigenvalue weighted by molar-refractivity contribution is 5.73. The molecule has 3 N–H and O–H groups in total. The Morgan fingerprint density at radius 2 is 1.59 bits per heavy atom. The molecule has 1 heterocycles. The van der Waals surface area contributed by atoms with Gasteiger partial charge in [-0.1, -0.05) is 0 Å². The molecular weight excluding hydrogens is 226 g/mol. The van der Waals surface area contributed by atoms with E-state index in [1.165, 1.54) is 0 Å². The third kappa shape index (κ3) is 9.62. The van der Waals surface area contributed by atoms with Gasteiger partial charge in [-0.05, 0) is 46.7 Å². The number of esters is 1. The number of carbonyl (C=O) groups is 2. The summed E-state index contributed by atoms with van der Waals surface area (Å²) in [5.74, 6) is 0.0782. The summed E-state index contributed by atoms with van der Waals surface area (Å²) in [6, 6.07) is 0. The summed E-state index contributed by atoms with van der Waals surface area (Å²) in [5.41, 5.74) is -0.345. The molecule has 1 fully saturated rings. The largest absolute Gasteiger partial charge is 0.503 e. The van der Waals surface area contributed by atoms with Crippen LogP contribution in [0.5, 0.6) is 0 Å². The van der Waals surface area contributed by atoms with E-state index in [0.29, 0.717) is 0 Å². The molecule has 0 aromatic carbocycles. The number of carbonyl (C=O) groups excluding carboxylic acids is 1. The second-order valence-electron chi connectivity index (χ2n) is 4.84. The molecular formula is C11H21NO5. The molecule has 0 unspecified atom stereocenters. The van der Waals surface area contributed by atoms with E-state index in [2.05, 4.69) is 5.32 Å². The lowest BCUT2D eigenvalue weighted by atomic mass is 9.98. The molecule has 100 valence electrons. The highest BCUT2D eigenvalue weighted by Crippen LogP contribution is 2.17. The summed E-state index contributed by atoms with van der Waals surface area (Å²) < 4.78 is 5.31. The van der Waals surface area contributed by atoms with Crippen molar-refractivity contribution in [2.45, 2.75) is 39.2 Å². The molecule has 0 spiro atoms. The minimum Gasteiger partial charge on any atom is -0.460 e. The molecule has 0 bridgehead atoms.